The van der Waals surface area contributed by atoms with Gasteiger partial charge in [-0.1, -0.05) is 43.6 Å². The molecule has 0 radical (unpaired) electrons. The lowest BCUT2D eigenvalue weighted by atomic mass is 9.92. The average molecular weight is 416 g/mol. The molecular weight excluding hydrogens is 390 g/mol. The number of carbonyl (C=O) groups is 1. The van der Waals surface area contributed by atoms with Crippen molar-refractivity contribution in [2.24, 2.45) is 5.92 Å². The first-order chi connectivity index (χ1) is 13.6. The highest BCUT2D eigenvalue weighted by Gasteiger charge is 2.27. The van der Waals surface area contributed by atoms with E-state index in [1.54, 1.807) is 11.3 Å². The highest BCUT2D eigenvalue weighted by molar-refractivity contribution is 7.16. The number of nitrogens with one attached hydrogen (secondary N) is 2. The fourth-order valence-corrected chi connectivity index (χ4v) is 5.22. The number of rotatable bonds is 7. The number of hydrogen-bond acceptors (Lipinski definition) is 4. The smallest absolute Gasteiger partial charge is 0.228 e. The van der Waals surface area contributed by atoms with Gasteiger partial charge in [-0.15, -0.1) is 11.3 Å². The number of anilines is 1. The minimum Gasteiger partial charge on any atom is -0.316 e. The van der Waals surface area contributed by atoms with Crippen LogP contribution in [0.25, 0.3) is 0 Å². The Kier molecular flexibility index (Phi) is 7.12. The van der Waals surface area contributed by atoms with Crippen LogP contribution in [-0.4, -0.2) is 11.9 Å². The zero-order chi connectivity index (χ0) is 20.1. The molecule has 4 nitrogen and oxygen atoms in total. The Morgan fingerprint density at radius 3 is 2.79 bits per heavy atom. The molecule has 1 aromatic carbocycles. The quantitative estimate of drug-likeness (QED) is 0.645. The number of amides is 1. The lowest BCUT2D eigenvalue weighted by Crippen LogP contribution is -2.33. The summed E-state index contributed by atoms with van der Waals surface area (Å²) in [7, 11) is 0. The molecule has 0 saturated carbocycles. The van der Waals surface area contributed by atoms with E-state index in [-0.39, 0.29) is 11.8 Å². The number of nitriles is 1. The van der Waals surface area contributed by atoms with E-state index in [2.05, 4.69) is 16.7 Å². The highest BCUT2D eigenvalue weighted by Crippen LogP contribution is 2.38. The number of thiophene rings is 1. The van der Waals surface area contributed by atoms with E-state index in [1.165, 1.54) is 4.88 Å². The van der Waals surface area contributed by atoms with Crippen LogP contribution in [0.2, 0.25) is 5.02 Å². The zero-order valence-electron chi connectivity index (χ0n) is 16.3. The minimum absolute atomic E-state index is 0.00398. The Bertz CT molecular complexity index is 882. The molecule has 1 amide bonds. The van der Waals surface area contributed by atoms with Crippen LogP contribution in [0, 0.1) is 17.2 Å². The molecule has 1 aliphatic carbocycles. The van der Waals surface area contributed by atoms with Crippen LogP contribution < -0.4 is 10.6 Å². The SMILES string of the molecule is CCC(CC)C(=O)Nc1sc2c(c1C#N)CCC(NCc1ccccc1Cl)C2. The van der Waals surface area contributed by atoms with Crippen molar-refractivity contribution >= 4 is 33.8 Å². The largest absolute Gasteiger partial charge is 0.316 e. The molecule has 1 unspecified atom stereocenters. The lowest BCUT2D eigenvalue weighted by Gasteiger charge is -2.23. The first-order valence-electron chi connectivity index (χ1n) is 9.89. The van der Waals surface area contributed by atoms with Gasteiger partial charge in [0.1, 0.15) is 11.1 Å². The molecule has 3 rings (SSSR count). The standard InChI is InChI=1S/C22H26ClN3OS/c1-3-14(4-2)21(27)26-22-18(12-24)17-10-9-16(11-20(17)28-22)25-13-15-7-5-6-8-19(15)23/h5-8,14,16,25H,3-4,9-11,13H2,1-2H3,(H,26,27). The van der Waals surface area contributed by atoms with Crippen molar-refractivity contribution in [2.75, 3.05) is 5.32 Å². The van der Waals surface area contributed by atoms with Crippen LogP contribution >= 0.6 is 22.9 Å². The molecule has 1 heterocycles. The summed E-state index contributed by atoms with van der Waals surface area (Å²) in [6.45, 7) is 4.77. The van der Waals surface area contributed by atoms with E-state index in [1.807, 2.05) is 38.1 Å². The van der Waals surface area contributed by atoms with Crippen molar-refractivity contribution in [1.29, 1.82) is 5.26 Å². The molecule has 148 valence electrons. The maximum absolute atomic E-state index is 12.5. The fraction of sp³-hybridized carbons (Fsp3) is 0.455. The van der Waals surface area contributed by atoms with Gasteiger partial charge in [-0.3, -0.25) is 4.79 Å². The molecule has 0 bridgehead atoms. The van der Waals surface area contributed by atoms with Gasteiger partial charge in [0.25, 0.3) is 0 Å². The van der Waals surface area contributed by atoms with E-state index in [4.69, 9.17) is 11.6 Å². The van der Waals surface area contributed by atoms with Crippen molar-refractivity contribution in [3.63, 3.8) is 0 Å². The van der Waals surface area contributed by atoms with Gasteiger partial charge in [-0.05, 0) is 49.3 Å². The van der Waals surface area contributed by atoms with Gasteiger partial charge < -0.3 is 10.6 Å². The summed E-state index contributed by atoms with van der Waals surface area (Å²) in [6, 6.07) is 10.5. The number of hydrogen-bond donors (Lipinski definition) is 2. The van der Waals surface area contributed by atoms with Crippen molar-refractivity contribution in [3.8, 4) is 6.07 Å². The maximum atomic E-state index is 12.5. The molecule has 1 aromatic heterocycles. The topological polar surface area (TPSA) is 64.9 Å². The molecule has 2 aromatic rings. The minimum atomic E-state index is -0.00398. The summed E-state index contributed by atoms with van der Waals surface area (Å²) >= 11 is 7.81. The number of benzene rings is 1. The van der Waals surface area contributed by atoms with Gasteiger partial charge in [0, 0.05) is 28.4 Å². The Balaban J connectivity index is 1.69. The predicted molar refractivity (Wildman–Crippen MR) is 116 cm³/mol. The van der Waals surface area contributed by atoms with Crippen molar-refractivity contribution in [2.45, 2.75) is 58.5 Å². The summed E-state index contributed by atoms with van der Waals surface area (Å²) in [5.41, 5.74) is 2.86. The van der Waals surface area contributed by atoms with Crippen molar-refractivity contribution < 1.29 is 4.79 Å². The van der Waals surface area contributed by atoms with Gasteiger partial charge in [0.2, 0.25) is 5.91 Å². The van der Waals surface area contributed by atoms with Crippen LogP contribution in [0.3, 0.4) is 0 Å². The molecule has 28 heavy (non-hydrogen) atoms. The highest BCUT2D eigenvalue weighted by atomic mass is 35.5. The summed E-state index contributed by atoms with van der Waals surface area (Å²) < 4.78 is 0. The van der Waals surface area contributed by atoms with Crippen molar-refractivity contribution in [1.82, 2.24) is 5.32 Å². The van der Waals surface area contributed by atoms with E-state index >= 15 is 0 Å². The molecule has 0 saturated heterocycles. The third-order valence-corrected chi connectivity index (χ3v) is 7.05. The maximum Gasteiger partial charge on any atom is 0.228 e. The first-order valence-corrected chi connectivity index (χ1v) is 11.1. The van der Waals surface area contributed by atoms with Gasteiger partial charge in [0.15, 0.2) is 0 Å². The van der Waals surface area contributed by atoms with Crippen LogP contribution in [-0.2, 0) is 24.2 Å². The van der Waals surface area contributed by atoms with Crippen LogP contribution in [0.4, 0.5) is 5.00 Å². The van der Waals surface area contributed by atoms with E-state index in [0.29, 0.717) is 11.6 Å². The monoisotopic (exact) mass is 415 g/mol. The molecule has 1 aliphatic rings. The number of halogens is 1. The lowest BCUT2D eigenvalue weighted by molar-refractivity contribution is -0.120. The van der Waals surface area contributed by atoms with E-state index in [9.17, 15) is 10.1 Å². The number of fused-ring (bicyclic) bond motifs is 1. The first kappa shape index (κ1) is 20.9. The van der Waals surface area contributed by atoms with Crippen LogP contribution in [0.1, 0.15) is 54.7 Å². The van der Waals surface area contributed by atoms with Gasteiger partial charge in [0.05, 0.1) is 5.56 Å². The average Bonchev–Trinajstić information content (AvgIpc) is 3.04. The van der Waals surface area contributed by atoms with Gasteiger partial charge >= 0.3 is 0 Å². The van der Waals surface area contributed by atoms with Gasteiger partial charge in [-0.2, -0.15) is 5.26 Å². The summed E-state index contributed by atoms with van der Waals surface area (Å²) in [5, 5.41) is 17.8. The zero-order valence-corrected chi connectivity index (χ0v) is 17.9. The Hall–Kier alpha value is -1.87. The third kappa shape index (κ3) is 4.57. The van der Waals surface area contributed by atoms with Crippen LogP contribution in [0.15, 0.2) is 24.3 Å². The summed E-state index contributed by atoms with van der Waals surface area (Å²) in [6.07, 6.45) is 4.32. The molecular formula is C22H26ClN3OS. The van der Waals surface area contributed by atoms with E-state index in [0.717, 1.165) is 59.8 Å². The fourth-order valence-electron chi connectivity index (χ4n) is 3.74. The molecule has 1 atom stereocenters. The molecule has 0 spiro atoms. The second-order valence-electron chi connectivity index (χ2n) is 7.23. The molecule has 6 heteroatoms. The molecule has 2 N–H and O–H groups in total. The predicted octanol–water partition coefficient (Wildman–Crippen LogP) is 5.29. The third-order valence-electron chi connectivity index (χ3n) is 5.51. The Morgan fingerprint density at radius 1 is 1.36 bits per heavy atom. The van der Waals surface area contributed by atoms with E-state index < -0.39 is 0 Å². The normalized spacial score (nSPS) is 15.9. The Morgan fingerprint density at radius 2 is 2.11 bits per heavy atom. The number of carbonyl (C=O) groups excluding carboxylic acids is 1. The van der Waals surface area contributed by atoms with Crippen molar-refractivity contribution in [3.05, 3.63) is 50.9 Å². The Labute approximate surface area is 175 Å². The number of nitrogens with zero attached hydrogens (tertiary/aromatic N) is 1. The summed E-state index contributed by atoms with van der Waals surface area (Å²) in [5.74, 6) is 0.0178. The summed E-state index contributed by atoms with van der Waals surface area (Å²) in [4.78, 5) is 13.7. The molecule has 0 aliphatic heterocycles. The second kappa shape index (κ2) is 9.56. The molecule has 0 fully saturated rings. The van der Waals surface area contributed by atoms with Crippen LogP contribution in [0.5, 0.6) is 0 Å². The second-order valence-corrected chi connectivity index (χ2v) is 8.75. The van der Waals surface area contributed by atoms with Gasteiger partial charge in [-0.25, -0.2) is 0 Å².